The number of aryl methyl sites for hydroxylation is 2. The van der Waals surface area contributed by atoms with Gasteiger partial charge < -0.3 is 10.4 Å². The Balaban J connectivity index is 2.21. The summed E-state index contributed by atoms with van der Waals surface area (Å²) in [6.45, 7) is 3.57. The van der Waals surface area contributed by atoms with E-state index in [1.165, 1.54) is 29.5 Å². The molecule has 0 unspecified atom stereocenters. The molecule has 2 heterocycles. The number of aromatic carboxylic acids is 1. The number of pyridine rings is 1. The van der Waals surface area contributed by atoms with Gasteiger partial charge in [0, 0.05) is 0 Å². The topological polar surface area (TPSA) is 92.2 Å². The number of aromatic nitrogens is 2. The average Bonchev–Trinajstić information content (AvgIpc) is 2.69. The lowest BCUT2D eigenvalue weighted by Crippen LogP contribution is -2.13. The van der Waals surface area contributed by atoms with Gasteiger partial charge in [-0.1, -0.05) is 6.07 Å². The second kappa shape index (κ2) is 5.15. The summed E-state index contributed by atoms with van der Waals surface area (Å²) >= 11 is 1.28. The van der Waals surface area contributed by atoms with Crippen LogP contribution in [-0.4, -0.2) is 27.0 Å². The molecule has 0 fully saturated rings. The maximum absolute atomic E-state index is 12.0. The Kier molecular flexibility index (Phi) is 3.57. The van der Waals surface area contributed by atoms with Crippen LogP contribution in [0, 0.1) is 13.8 Å². The quantitative estimate of drug-likeness (QED) is 0.896. The molecule has 2 aromatic heterocycles. The van der Waals surface area contributed by atoms with Crippen LogP contribution in [0.25, 0.3) is 0 Å². The molecule has 98 valence electrons. The van der Waals surface area contributed by atoms with Gasteiger partial charge in [0.1, 0.15) is 10.7 Å². The van der Waals surface area contributed by atoms with Gasteiger partial charge in [-0.3, -0.25) is 4.79 Å². The number of anilines is 1. The standard InChI is InChI=1S/C12H11N3O3S/c1-6-10(19-7(2)13-6)11(16)15-9-5-3-4-8(14-9)12(17)18/h3-5H,1-2H3,(H,17,18)(H,14,15,16). The zero-order valence-electron chi connectivity index (χ0n) is 10.3. The summed E-state index contributed by atoms with van der Waals surface area (Å²) < 4.78 is 0. The normalized spacial score (nSPS) is 10.2. The first-order valence-electron chi connectivity index (χ1n) is 5.43. The van der Waals surface area contributed by atoms with E-state index >= 15 is 0 Å². The van der Waals surface area contributed by atoms with E-state index in [4.69, 9.17) is 5.11 Å². The molecule has 2 aromatic rings. The van der Waals surface area contributed by atoms with Gasteiger partial charge in [-0.15, -0.1) is 11.3 Å². The molecule has 0 radical (unpaired) electrons. The fourth-order valence-corrected chi connectivity index (χ4v) is 2.35. The fourth-order valence-electron chi connectivity index (χ4n) is 1.54. The minimum Gasteiger partial charge on any atom is -0.477 e. The Morgan fingerprint density at radius 1 is 1.26 bits per heavy atom. The van der Waals surface area contributed by atoms with Crippen LogP contribution in [0.2, 0.25) is 0 Å². The van der Waals surface area contributed by atoms with E-state index in [1.807, 2.05) is 6.92 Å². The van der Waals surface area contributed by atoms with Crippen LogP contribution in [0.3, 0.4) is 0 Å². The van der Waals surface area contributed by atoms with Crippen molar-refractivity contribution in [1.29, 1.82) is 0 Å². The average molecular weight is 277 g/mol. The number of nitrogens with one attached hydrogen (secondary N) is 1. The van der Waals surface area contributed by atoms with Crippen molar-refractivity contribution in [2.45, 2.75) is 13.8 Å². The van der Waals surface area contributed by atoms with Crippen molar-refractivity contribution in [1.82, 2.24) is 9.97 Å². The first-order chi connectivity index (χ1) is 8.97. The number of amides is 1. The van der Waals surface area contributed by atoms with Crippen molar-refractivity contribution < 1.29 is 14.7 Å². The molecule has 0 saturated heterocycles. The molecule has 2 N–H and O–H groups in total. The van der Waals surface area contributed by atoms with Gasteiger partial charge in [-0.05, 0) is 26.0 Å². The van der Waals surface area contributed by atoms with Crippen molar-refractivity contribution in [2.75, 3.05) is 5.32 Å². The second-order valence-corrected chi connectivity index (χ2v) is 5.02. The number of hydrogen-bond donors (Lipinski definition) is 2. The Morgan fingerprint density at radius 2 is 2.00 bits per heavy atom. The summed E-state index contributed by atoms with van der Waals surface area (Å²) in [5, 5.41) is 12.2. The van der Waals surface area contributed by atoms with Crippen LogP contribution in [0.15, 0.2) is 18.2 Å². The van der Waals surface area contributed by atoms with Gasteiger partial charge in [-0.2, -0.15) is 0 Å². The van der Waals surface area contributed by atoms with Crippen molar-refractivity contribution in [3.05, 3.63) is 39.5 Å². The number of carbonyl (C=O) groups excluding carboxylic acids is 1. The first kappa shape index (κ1) is 13.2. The molecular formula is C12H11N3O3S. The van der Waals surface area contributed by atoms with Gasteiger partial charge in [0.2, 0.25) is 0 Å². The Hall–Kier alpha value is -2.28. The third-order valence-corrected chi connectivity index (χ3v) is 3.39. The summed E-state index contributed by atoms with van der Waals surface area (Å²) in [6, 6.07) is 4.42. The smallest absolute Gasteiger partial charge is 0.354 e. The number of carboxylic acid groups (broad SMARTS) is 1. The van der Waals surface area contributed by atoms with Crippen LogP contribution in [0.5, 0.6) is 0 Å². The third-order valence-electron chi connectivity index (χ3n) is 2.32. The highest BCUT2D eigenvalue weighted by Crippen LogP contribution is 2.18. The van der Waals surface area contributed by atoms with Crippen LogP contribution < -0.4 is 5.32 Å². The third kappa shape index (κ3) is 2.94. The zero-order chi connectivity index (χ0) is 14.0. The highest BCUT2D eigenvalue weighted by Gasteiger charge is 2.15. The van der Waals surface area contributed by atoms with E-state index < -0.39 is 5.97 Å². The van der Waals surface area contributed by atoms with Crippen LogP contribution in [-0.2, 0) is 0 Å². The van der Waals surface area contributed by atoms with Crippen LogP contribution >= 0.6 is 11.3 Å². The highest BCUT2D eigenvalue weighted by molar-refractivity contribution is 7.13. The van der Waals surface area contributed by atoms with Crippen LogP contribution in [0.1, 0.15) is 30.9 Å². The largest absolute Gasteiger partial charge is 0.477 e. The molecular weight excluding hydrogens is 266 g/mol. The lowest BCUT2D eigenvalue weighted by molar-refractivity contribution is 0.0690. The summed E-state index contributed by atoms with van der Waals surface area (Å²) in [4.78, 5) is 31.3. The van der Waals surface area contributed by atoms with E-state index in [9.17, 15) is 9.59 Å². The van der Waals surface area contributed by atoms with Gasteiger partial charge in [-0.25, -0.2) is 14.8 Å². The zero-order valence-corrected chi connectivity index (χ0v) is 11.1. The van der Waals surface area contributed by atoms with Gasteiger partial charge in [0.15, 0.2) is 5.69 Å². The molecule has 6 nitrogen and oxygen atoms in total. The summed E-state index contributed by atoms with van der Waals surface area (Å²) in [5.74, 6) is -1.27. The van der Waals surface area contributed by atoms with E-state index in [0.29, 0.717) is 10.6 Å². The molecule has 0 bridgehead atoms. The number of rotatable bonds is 3. The molecule has 0 spiro atoms. The predicted molar refractivity (Wildman–Crippen MR) is 70.7 cm³/mol. The Bertz CT molecular complexity index is 651. The molecule has 0 atom stereocenters. The maximum Gasteiger partial charge on any atom is 0.354 e. The van der Waals surface area contributed by atoms with Crippen molar-refractivity contribution in [2.24, 2.45) is 0 Å². The number of nitrogens with zero attached hydrogens (tertiary/aromatic N) is 2. The lowest BCUT2D eigenvalue weighted by atomic mass is 10.3. The molecule has 0 aliphatic rings. The first-order valence-corrected chi connectivity index (χ1v) is 6.25. The van der Waals surface area contributed by atoms with Gasteiger partial charge in [0.25, 0.3) is 5.91 Å². The molecule has 2 rings (SSSR count). The van der Waals surface area contributed by atoms with Crippen molar-refractivity contribution >= 4 is 29.0 Å². The highest BCUT2D eigenvalue weighted by atomic mass is 32.1. The Morgan fingerprint density at radius 3 is 2.58 bits per heavy atom. The molecule has 1 amide bonds. The number of carboxylic acids is 1. The van der Waals surface area contributed by atoms with E-state index in [2.05, 4.69) is 15.3 Å². The SMILES string of the molecule is Cc1nc(C)c(C(=O)Nc2cccc(C(=O)O)n2)s1. The van der Waals surface area contributed by atoms with Gasteiger partial charge >= 0.3 is 5.97 Å². The minimum atomic E-state index is -1.14. The molecule has 19 heavy (non-hydrogen) atoms. The molecule has 0 aromatic carbocycles. The molecule has 0 aliphatic carbocycles. The molecule has 7 heteroatoms. The molecule has 0 aliphatic heterocycles. The molecule has 0 saturated carbocycles. The fraction of sp³-hybridized carbons (Fsp3) is 0.167. The lowest BCUT2D eigenvalue weighted by Gasteiger charge is -2.03. The maximum atomic E-state index is 12.0. The summed E-state index contributed by atoms with van der Waals surface area (Å²) in [6.07, 6.45) is 0. The van der Waals surface area contributed by atoms with Crippen LogP contribution in [0.4, 0.5) is 5.82 Å². The summed E-state index contributed by atoms with van der Waals surface area (Å²) in [5.41, 5.74) is 0.532. The van der Waals surface area contributed by atoms with E-state index in [0.717, 1.165) is 5.01 Å². The van der Waals surface area contributed by atoms with E-state index in [1.54, 1.807) is 6.92 Å². The monoisotopic (exact) mass is 277 g/mol. The van der Waals surface area contributed by atoms with E-state index in [-0.39, 0.29) is 17.4 Å². The van der Waals surface area contributed by atoms with Crippen molar-refractivity contribution in [3.8, 4) is 0 Å². The number of thiazole rings is 1. The predicted octanol–water partition coefficient (Wildman–Crippen LogP) is 2.11. The number of hydrogen-bond acceptors (Lipinski definition) is 5. The van der Waals surface area contributed by atoms with Gasteiger partial charge in [0.05, 0.1) is 10.7 Å². The summed E-state index contributed by atoms with van der Waals surface area (Å²) in [7, 11) is 0. The number of carbonyl (C=O) groups is 2. The van der Waals surface area contributed by atoms with Crippen molar-refractivity contribution in [3.63, 3.8) is 0 Å². The minimum absolute atomic E-state index is 0.116. The second-order valence-electron chi connectivity index (χ2n) is 3.81. The Labute approximate surface area is 113 Å².